The third-order valence-electron chi connectivity index (χ3n) is 5.97. The second-order valence-corrected chi connectivity index (χ2v) is 8.77. The second-order valence-electron chi connectivity index (χ2n) is 8.41. The molecule has 1 saturated heterocycles. The molecule has 0 spiro atoms. The van der Waals surface area contributed by atoms with E-state index >= 15 is 0 Å². The number of aromatic carboxylic acids is 1. The molecule has 174 valence electrons. The molecule has 0 bridgehead atoms. The van der Waals surface area contributed by atoms with Crippen molar-refractivity contribution in [2.24, 2.45) is 0 Å². The van der Waals surface area contributed by atoms with Crippen molar-refractivity contribution in [2.75, 3.05) is 9.80 Å². The van der Waals surface area contributed by atoms with Gasteiger partial charge in [0.2, 0.25) is 0 Å². The van der Waals surface area contributed by atoms with Gasteiger partial charge in [-0.15, -0.1) is 0 Å². The number of rotatable bonds is 8. The van der Waals surface area contributed by atoms with Gasteiger partial charge in [-0.2, -0.15) is 0 Å². The highest BCUT2D eigenvalue weighted by Gasteiger charge is 2.52. The Bertz CT molecular complexity index is 1210. The van der Waals surface area contributed by atoms with Crippen LogP contribution < -0.4 is 14.5 Å². The predicted molar refractivity (Wildman–Crippen MR) is 136 cm³/mol. The number of carboxylic acid groups (broad SMARTS) is 1. The minimum atomic E-state index is -1.06. The average molecular weight is 475 g/mol. The number of hydrogen-bond acceptors (Lipinski definition) is 4. The lowest BCUT2D eigenvalue weighted by molar-refractivity contribution is -0.121. The van der Waals surface area contributed by atoms with Crippen molar-refractivity contribution in [1.29, 1.82) is 0 Å². The summed E-state index contributed by atoms with van der Waals surface area (Å²) in [4.78, 5) is 28.4. The fourth-order valence-corrected chi connectivity index (χ4v) is 4.77. The van der Waals surface area contributed by atoms with Crippen LogP contribution in [0.2, 0.25) is 0 Å². The molecule has 4 rings (SSSR count). The average Bonchev–Trinajstić information content (AvgIpc) is 3.03. The number of anilines is 2. The largest absolute Gasteiger partial charge is 0.489 e. The van der Waals surface area contributed by atoms with Crippen LogP contribution in [0.1, 0.15) is 42.6 Å². The molecule has 1 N–H and O–H groups in total. The number of nitrogens with zero attached hydrogens (tertiary/aromatic N) is 2. The van der Waals surface area contributed by atoms with Gasteiger partial charge in [-0.1, -0.05) is 49.7 Å². The number of carboxylic acids is 1. The first-order chi connectivity index (χ1) is 16.3. The first kappa shape index (κ1) is 23.4. The van der Waals surface area contributed by atoms with E-state index in [1.165, 1.54) is 17.0 Å². The highest BCUT2D eigenvalue weighted by molar-refractivity contribution is 7.81. The van der Waals surface area contributed by atoms with Crippen LogP contribution in [-0.4, -0.2) is 27.6 Å². The van der Waals surface area contributed by atoms with Gasteiger partial charge in [-0.05, 0) is 73.6 Å². The predicted octanol–water partition coefficient (Wildman–Crippen LogP) is 5.66. The quantitative estimate of drug-likeness (QED) is 0.425. The molecule has 1 atom stereocenters. The van der Waals surface area contributed by atoms with Crippen LogP contribution in [0.15, 0.2) is 78.9 Å². The van der Waals surface area contributed by atoms with E-state index in [0.717, 1.165) is 17.7 Å². The van der Waals surface area contributed by atoms with E-state index in [4.69, 9.17) is 17.0 Å². The van der Waals surface area contributed by atoms with Crippen LogP contribution in [-0.2, 0) is 11.4 Å². The molecule has 1 aliphatic heterocycles. The zero-order valence-corrected chi connectivity index (χ0v) is 19.9. The Kier molecular flexibility index (Phi) is 6.65. The summed E-state index contributed by atoms with van der Waals surface area (Å²) in [5.74, 6) is -0.516. The summed E-state index contributed by atoms with van der Waals surface area (Å²) < 4.78 is 5.90. The summed E-state index contributed by atoms with van der Waals surface area (Å²) in [6, 6.07) is 23.7. The highest BCUT2D eigenvalue weighted by Crippen LogP contribution is 2.39. The summed E-state index contributed by atoms with van der Waals surface area (Å²) in [6.45, 7) is 4.36. The molecular weight excluding hydrogens is 448 g/mol. The van der Waals surface area contributed by atoms with Gasteiger partial charge in [0.15, 0.2) is 5.11 Å². The molecule has 34 heavy (non-hydrogen) atoms. The molecule has 1 heterocycles. The van der Waals surface area contributed by atoms with Gasteiger partial charge < -0.3 is 14.7 Å². The Morgan fingerprint density at radius 1 is 1.00 bits per heavy atom. The van der Waals surface area contributed by atoms with E-state index in [-0.39, 0.29) is 11.5 Å². The molecule has 1 fully saturated rings. The molecule has 1 unspecified atom stereocenters. The second kappa shape index (κ2) is 9.65. The van der Waals surface area contributed by atoms with Crippen LogP contribution in [0.4, 0.5) is 11.4 Å². The van der Waals surface area contributed by atoms with Crippen molar-refractivity contribution >= 4 is 40.6 Å². The van der Waals surface area contributed by atoms with Gasteiger partial charge in [0.25, 0.3) is 5.91 Å². The van der Waals surface area contributed by atoms with Gasteiger partial charge >= 0.3 is 5.97 Å². The lowest BCUT2D eigenvalue weighted by atomic mass is 9.93. The van der Waals surface area contributed by atoms with Crippen LogP contribution in [0.25, 0.3) is 0 Å². The third-order valence-corrected chi connectivity index (χ3v) is 6.34. The van der Waals surface area contributed by atoms with Crippen LogP contribution >= 0.6 is 12.2 Å². The van der Waals surface area contributed by atoms with Crippen molar-refractivity contribution in [2.45, 2.75) is 38.8 Å². The molecule has 7 heteroatoms. The summed E-state index contributed by atoms with van der Waals surface area (Å²) in [6.07, 6.45) is 1.37. The Balaban J connectivity index is 1.63. The zero-order valence-electron chi connectivity index (χ0n) is 19.1. The first-order valence-corrected chi connectivity index (χ1v) is 11.5. The highest BCUT2D eigenvalue weighted by atomic mass is 32.1. The van der Waals surface area contributed by atoms with E-state index in [0.29, 0.717) is 29.6 Å². The van der Waals surface area contributed by atoms with E-state index in [1.807, 2.05) is 73.3 Å². The minimum Gasteiger partial charge on any atom is -0.489 e. The summed E-state index contributed by atoms with van der Waals surface area (Å²) in [5.41, 5.74) is 1.51. The normalized spacial score (nSPS) is 17.8. The fraction of sp³-hybridized carbons (Fsp3) is 0.222. The summed E-state index contributed by atoms with van der Waals surface area (Å²) in [7, 11) is 0. The summed E-state index contributed by atoms with van der Waals surface area (Å²) >= 11 is 5.78. The number of carbonyl (C=O) groups excluding carboxylic acids is 1. The molecule has 1 aliphatic rings. The lowest BCUT2D eigenvalue weighted by Crippen LogP contribution is -2.47. The molecular formula is C27H26N2O4S. The van der Waals surface area contributed by atoms with Crippen molar-refractivity contribution in [3.8, 4) is 5.75 Å². The molecule has 0 aromatic heterocycles. The van der Waals surface area contributed by atoms with E-state index in [2.05, 4.69) is 0 Å². The number of ether oxygens (including phenoxy) is 1. The van der Waals surface area contributed by atoms with Crippen molar-refractivity contribution < 1.29 is 19.4 Å². The van der Waals surface area contributed by atoms with Gasteiger partial charge in [-0.25, -0.2) is 4.79 Å². The lowest BCUT2D eigenvalue weighted by Gasteiger charge is -2.33. The Morgan fingerprint density at radius 3 is 2.35 bits per heavy atom. The van der Waals surface area contributed by atoms with Crippen LogP contribution in [0.5, 0.6) is 5.75 Å². The minimum absolute atomic E-state index is 0.101. The van der Waals surface area contributed by atoms with E-state index in [9.17, 15) is 14.7 Å². The third kappa shape index (κ3) is 4.39. The van der Waals surface area contributed by atoms with Crippen LogP contribution in [0, 0.1) is 0 Å². The Morgan fingerprint density at radius 2 is 1.71 bits per heavy atom. The van der Waals surface area contributed by atoms with Gasteiger partial charge in [0, 0.05) is 5.69 Å². The molecule has 3 aromatic rings. The molecule has 0 aliphatic carbocycles. The van der Waals surface area contributed by atoms with Crippen molar-refractivity contribution in [3.05, 3.63) is 90.0 Å². The maximum Gasteiger partial charge on any atom is 0.335 e. The number of benzene rings is 3. The van der Waals surface area contributed by atoms with Crippen molar-refractivity contribution in [3.63, 3.8) is 0 Å². The van der Waals surface area contributed by atoms with E-state index < -0.39 is 11.5 Å². The standard InChI is InChI=1S/C27H26N2O4S/c1-3-16-27(2)25(32)28(22-11-7-10-20(17-22)24(30)31)26(34)29(27)21-12-14-23(15-13-21)33-18-19-8-5-4-6-9-19/h4-15,17H,3,16,18H2,1-2H3,(H,30,31). The molecule has 1 amide bonds. The fourth-order valence-electron chi connectivity index (χ4n) is 4.27. The Hall–Kier alpha value is -3.71. The zero-order chi connectivity index (χ0) is 24.3. The molecule has 3 aromatic carbocycles. The van der Waals surface area contributed by atoms with E-state index in [1.54, 1.807) is 12.1 Å². The smallest absolute Gasteiger partial charge is 0.335 e. The summed E-state index contributed by atoms with van der Waals surface area (Å²) in [5, 5.41) is 9.71. The maximum atomic E-state index is 13.6. The molecule has 0 radical (unpaired) electrons. The topological polar surface area (TPSA) is 70.1 Å². The van der Waals surface area contributed by atoms with Crippen LogP contribution in [0.3, 0.4) is 0 Å². The number of carbonyl (C=O) groups is 2. The Labute approximate surface area is 204 Å². The van der Waals surface area contributed by atoms with Gasteiger partial charge in [-0.3, -0.25) is 9.69 Å². The molecule has 6 nitrogen and oxygen atoms in total. The van der Waals surface area contributed by atoms with Gasteiger partial charge in [0.05, 0.1) is 11.3 Å². The first-order valence-electron chi connectivity index (χ1n) is 11.1. The molecule has 0 saturated carbocycles. The van der Waals surface area contributed by atoms with Gasteiger partial charge in [0.1, 0.15) is 17.9 Å². The number of hydrogen-bond donors (Lipinski definition) is 1. The number of thiocarbonyl (C=S) groups is 1. The number of amides is 1. The van der Waals surface area contributed by atoms with Crippen molar-refractivity contribution in [1.82, 2.24) is 0 Å². The SMILES string of the molecule is CCCC1(C)C(=O)N(c2cccc(C(=O)O)c2)C(=S)N1c1ccc(OCc2ccccc2)cc1. The monoisotopic (exact) mass is 474 g/mol. The maximum absolute atomic E-state index is 13.6.